The number of imidazole rings is 1. The number of rotatable bonds is 9. The molecule has 0 fully saturated rings. The summed E-state index contributed by atoms with van der Waals surface area (Å²) in [6.07, 6.45) is 0.645. The van der Waals surface area contributed by atoms with Gasteiger partial charge in [-0.05, 0) is 19.3 Å². The van der Waals surface area contributed by atoms with Gasteiger partial charge in [0, 0.05) is 39.5 Å². The minimum Gasteiger partial charge on any atom is -0.396 e. The molecular weight excluding hydrogens is 346 g/mol. The Labute approximate surface area is 147 Å². The SMILES string of the molecule is [C-]#[N+]n1c(=O)c2c(n(CCCO)c1=O)n(CCCO)c(=O)n2CCCO. The molecule has 2 heterocycles. The summed E-state index contributed by atoms with van der Waals surface area (Å²) < 4.78 is 3.84. The fourth-order valence-electron chi connectivity index (χ4n) is 2.84. The van der Waals surface area contributed by atoms with E-state index in [2.05, 4.69) is 4.95 Å². The average molecular weight is 367 g/mol. The van der Waals surface area contributed by atoms with E-state index >= 15 is 0 Å². The summed E-state index contributed by atoms with van der Waals surface area (Å²) in [6.45, 7) is 6.66. The molecule has 11 nitrogen and oxygen atoms in total. The third-order valence-electron chi connectivity index (χ3n) is 3.98. The summed E-state index contributed by atoms with van der Waals surface area (Å²) >= 11 is 0. The van der Waals surface area contributed by atoms with Gasteiger partial charge >= 0.3 is 16.9 Å². The van der Waals surface area contributed by atoms with Crippen molar-refractivity contribution in [2.24, 2.45) is 0 Å². The van der Waals surface area contributed by atoms with Gasteiger partial charge in [-0.3, -0.25) is 18.5 Å². The molecule has 0 spiro atoms. The van der Waals surface area contributed by atoms with Crippen molar-refractivity contribution in [3.63, 3.8) is 0 Å². The Bertz CT molecular complexity index is 990. The van der Waals surface area contributed by atoms with Crippen molar-refractivity contribution in [2.75, 3.05) is 19.8 Å². The van der Waals surface area contributed by atoms with Crippen LogP contribution in [0, 0.1) is 6.57 Å². The van der Waals surface area contributed by atoms with Crippen LogP contribution in [0.25, 0.3) is 16.1 Å². The molecule has 11 heteroatoms. The third kappa shape index (κ3) is 3.34. The highest BCUT2D eigenvalue weighted by Crippen LogP contribution is 2.10. The Kier molecular flexibility index (Phi) is 6.51. The van der Waals surface area contributed by atoms with E-state index in [0.717, 1.165) is 9.13 Å². The van der Waals surface area contributed by atoms with Gasteiger partial charge in [-0.25, -0.2) is 9.59 Å². The molecule has 0 aliphatic rings. The van der Waals surface area contributed by atoms with Crippen LogP contribution >= 0.6 is 0 Å². The monoisotopic (exact) mass is 367 g/mol. The van der Waals surface area contributed by atoms with E-state index in [4.69, 9.17) is 21.9 Å². The topological polar surface area (TPSA) is 136 Å². The van der Waals surface area contributed by atoms with Crippen molar-refractivity contribution in [1.82, 2.24) is 18.4 Å². The lowest BCUT2D eigenvalue weighted by molar-refractivity contribution is 0.275. The normalized spacial score (nSPS) is 11.2. The Balaban J connectivity index is 2.95. The number of fused-ring (bicyclic) bond motifs is 1. The number of hydrogen-bond acceptors (Lipinski definition) is 6. The van der Waals surface area contributed by atoms with Gasteiger partial charge in [-0.15, -0.1) is 4.95 Å². The summed E-state index contributed by atoms with van der Waals surface area (Å²) in [5, 5.41) is 27.2. The predicted octanol–water partition coefficient (Wildman–Crippen LogP) is -2.04. The summed E-state index contributed by atoms with van der Waals surface area (Å²) in [7, 11) is 0. The van der Waals surface area contributed by atoms with Crippen molar-refractivity contribution in [2.45, 2.75) is 38.9 Å². The quantitative estimate of drug-likeness (QED) is 0.437. The van der Waals surface area contributed by atoms with Crippen LogP contribution < -0.4 is 16.9 Å². The zero-order valence-corrected chi connectivity index (χ0v) is 14.2. The van der Waals surface area contributed by atoms with E-state index in [1.165, 1.54) is 4.57 Å². The van der Waals surface area contributed by atoms with Crippen LogP contribution in [0.4, 0.5) is 0 Å². The lowest BCUT2D eigenvalue weighted by atomic mass is 10.4. The molecule has 0 atom stereocenters. The zero-order chi connectivity index (χ0) is 19.3. The predicted molar refractivity (Wildman–Crippen MR) is 91.8 cm³/mol. The van der Waals surface area contributed by atoms with Crippen molar-refractivity contribution in [3.05, 3.63) is 42.8 Å². The molecule has 0 aliphatic heterocycles. The molecule has 0 bridgehead atoms. The van der Waals surface area contributed by atoms with Crippen molar-refractivity contribution in [3.8, 4) is 0 Å². The fourth-order valence-corrected chi connectivity index (χ4v) is 2.84. The minimum absolute atomic E-state index is 0.0181. The van der Waals surface area contributed by atoms with Crippen LogP contribution in [-0.4, -0.2) is 53.5 Å². The number of aryl methyl sites for hydroxylation is 3. The fraction of sp³-hybridized carbons (Fsp3) is 0.600. The molecule has 0 saturated carbocycles. The molecule has 0 aliphatic carbocycles. The number of aromatic nitrogens is 4. The third-order valence-corrected chi connectivity index (χ3v) is 3.98. The molecule has 2 rings (SSSR count). The van der Waals surface area contributed by atoms with Gasteiger partial charge in [0.15, 0.2) is 11.2 Å². The largest absolute Gasteiger partial charge is 0.401 e. The molecule has 0 aromatic carbocycles. The van der Waals surface area contributed by atoms with Crippen LogP contribution in [0.15, 0.2) is 14.4 Å². The number of nitrogens with zero attached hydrogens (tertiary/aromatic N) is 5. The van der Waals surface area contributed by atoms with E-state index in [0.29, 0.717) is 4.68 Å². The summed E-state index contributed by atoms with van der Waals surface area (Å²) in [4.78, 5) is 40.9. The standard InChI is InChI=1S/C15H21N5O6/c1-16-20-13(24)11-12(19(15(20)26)7-4-10-23)18(6-3-9-22)14(25)17(11)5-2-8-21/h21-23H,2-10H2. The van der Waals surface area contributed by atoms with Gasteiger partial charge in [-0.1, -0.05) is 0 Å². The van der Waals surface area contributed by atoms with Gasteiger partial charge in [0.25, 0.3) is 0 Å². The van der Waals surface area contributed by atoms with Crippen LogP contribution in [0.1, 0.15) is 19.3 Å². The van der Waals surface area contributed by atoms with Gasteiger partial charge in [0.1, 0.15) is 0 Å². The Morgan fingerprint density at radius 2 is 1.23 bits per heavy atom. The zero-order valence-electron chi connectivity index (χ0n) is 14.2. The lowest BCUT2D eigenvalue weighted by Crippen LogP contribution is -2.38. The molecule has 3 N–H and O–H groups in total. The second kappa shape index (κ2) is 8.61. The summed E-state index contributed by atoms with van der Waals surface area (Å²) in [5.41, 5.74) is -2.39. The van der Waals surface area contributed by atoms with Gasteiger partial charge in [0.05, 0.1) is 4.68 Å². The summed E-state index contributed by atoms with van der Waals surface area (Å²) in [5.74, 6) is 0. The van der Waals surface area contributed by atoms with E-state index in [-0.39, 0.29) is 69.9 Å². The molecule has 0 saturated heterocycles. The Morgan fingerprint density at radius 3 is 1.69 bits per heavy atom. The highest BCUT2D eigenvalue weighted by atomic mass is 16.3. The van der Waals surface area contributed by atoms with Crippen LogP contribution in [0.5, 0.6) is 0 Å². The van der Waals surface area contributed by atoms with Gasteiger partial charge < -0.3 is 15.3 Å². The van der Waals surface area contributed by atoms with Gasteiger partial charge in [0.2, 0.25) is 0 Å². The first-order valence-electron chi connectivity index (χ1n) is 8.22. The number of aliphatic hydroxyl groups excluding tert-OH is 3. The van der Waals surface area contributed by atoms with Gasteiger partial charge in [-0.2, -0.15) is 6.57 Å². The van der Waals surface area contributed by atoms with E-state index < -0.39 is 16.9 Å². The van der Waals surface area contributed by atoms with Crippen molar-refractivity contribution >= 4 is 11.2 Å². The number of aliphatic hydroxyl groups is 3. The first-order chi connectivity index (χ1) is 12.5. The summed E-state index contributed by atoms with van der Waals surface area (Å²) in [6, 6.07) is 0. The average Bonchev–Trinajstić information content (AvgIpc) is 2.90. The Hall–Kier alpha value is -2.68. The smallest absolute Gasteiger partial charge is 0.396 e. The molecule has 0 amide bonds. The highest BCUT2D eigenvalue weighted by molar-refractivity contribution is 5.71. The first-order valence-corrected chi connectivity index (χ1v) is 8.22. The van der Waals surface area contributed by atoms with Crippen LogP contribution in [0.3, 0.4) is 0 Å². The van der Waals surface area contributed by atoms with E-state index in [1.54, 1.807) is 0 Å². The molecule has 0 radical (unpaired) electrons. The second-order valence-corrected chi connectivity index (χ2v) is 5.64. The van der Waals surface area contributed by atoms with Crippen molar-refractivity contribution < 1.29 is 15.3 Å². The molecule has 0 unspecified atom stereocenters. The van der Waals surface area contributed by atoms with E-state index in [1.807, 2.05) is 0 Å². The maximum absolute atomic E-state index is 12.8. The maximum atomic E-state index is 12.8. The minimum atomic E-state index is -0.905. The van der Waals surface area contributed by atoms with Crippen molar-refractivity contribution in [1.29, 1.82) is 0 Å². The van der Waals surface area contributed by atoms with Crippen LogP contribution in [-0.2, 0) is 19.6 Å². The number of hydrogen-bond donors (Lipinski definition) is 3. The first kappa shape index (κ1) is 19.6. The highest BCUT2D eigenvalue weighted by Gasteiger charge is 2.25. The maximum Gasteiger partial charge on any atom is 0.401 e. The molecule has 26 heavy (non-hydrogen) atoms. The molecule has 2 aromatic rings. The van der Waals surface area contributed by atoms with E-state index in [9.17, 15) is 14.4 Å². The molecular formula is C15H21N5O6. The second-order valence-electron chi connectivity index (χ2n) is 5.64. The lowest BCUT2D eigenvalue weighted by Gasteiger charge is -2.09. The molecule has 142 valence electrons. The molecule has 2 aromatic heterocycles. The van der Waals surface area contributed by atoms with Crippen LogP contribution in [0.2, 0.25) is 0 Å². The Morgan fingerprint density at radius 1 is 0.769 bits per heavy atom.